The van der Waals surface area contributed by atoms with Gasteiger partial charge in [-0.25, -0.2) is 9.97 Å². The van der Waals surface area contributed by atoms with Crippen LogP contribution in [0.3, 0.4) is 0 Å². The first-order chi connectivity index (χ1) is 13.2. The minimum Gasteiger partial charge on any atom is -0.396 e. The number of pyridine rings is 1. The van der Waals surface area contributed by atoms with Crippen molar-refractivity contribution in [3.8, 4) is 22.6 Å². The fourth-order valence-corrected chi connectivity index (χ4v) is 3.54. The molecule has 0 aliphatic carbocycles. The predicted octanol–water partition coefficient (Wildman–Crippen LogP) is 4.07. The fourth-order valence-electron chi connectivity index (χ4n) is 3.41. The van der Waals surface area contributed by atoms with Crippen molar-refractivity contribution >= 4 is 17.4 Å². The standard InChI is InChI=1S/C21H21ClN4O/c22-18-7-5-16(6-8-18)19-11-20(26-10-2-3-15(13-26)14-27)25-21(24-19)17-4-1-9-23-12-17/h1,4-9,11-12,15,27H,2-3,10,13-14H2/t15-/m1/s1. The Morgan fingerprint density at radius 1 is 1.11 bits per heavy atom. The van der Waals surface area contributed by atoms with Crippen LogP contribution in [-0.4, -0.2) is 39.8 Å². The van der Waals surface area contributed by atoms with Crippen molar-refractivity contribution in [1.29, 1.82) is 0 Å². The Hall–Kier alpha value is -2.50. The van der Waals surface area contributed by atoms with Crippen LogP contribution in [0.1, 0.15) is 12.8 Å². The molecule has 0 amide bonds. The Kier molecular flexibility index (Phi) is 5.32. The van der Waals surface area contributed by atoms with Crippen molar-refractivity contribution in [2.75, 3.05) is 24.6 Å². The first kappa shape index (κ1) is 17.9. The summed E-state index contributed by atoms with van der Waals surface area (Å²) in [5.74, 6) is 1.82. The van der Waals surface area contributed by atoms with E-state index in [0.29, 0.717) is 10.8 Å². The van der Waals surface area contributed by atoms with Gasteiger partial charge < -0.3 is 10.0 Å². The van der Waals surface area contributed by atoms with Gasteiger partial charge in [-0.05, 0) is 43.0 Å². The zero-order chi connectivity index (χ0) is 18.6. The lowest BCUT2D eigenvalue weighted by Gasteiger charge is -2.33. The Morgan fingerprint density at radius 3 is 2.70 bits per heavy atom. The quantitative estimate of drug-likeness (QED) is 0.739. The topological polar surface area (TPSA) is 62.1 Å². The summed E-state index contributed by atoms with van der Waals surface area (Å²) in [5, 5.41) is 10.3. The van der Waals surface area contributed by atoms with Gasteiger partial charge in [-0.3, -0.25) is 4.98 Å². The smallest absolute Gasteiger partial charge is 0.163 e. The van der Waals surface area contributed by atoms with Crippen molar-refractivity contribution in [2.45, 2.75) is 12.8 Å². The fraction of sp³-hybridized carbons (Fsp3) is 0.286. The number of benzene rings is 1. The van der Waals surface area contributed by atoms with Crippen molar-refractivity contribution in [3.05, 3.63) is 59.9 Å². The van der Waals surface area contributed by atoms with E-state index >= 15 is 0 Å². The van der Waals surface area contributed by atoms with Crippen molar-refractivity contribution < 1.29 is 5.11 Å². The summed E-state index contributed by atoms with van der Waals surface area (Å²) < 4.78 is 0. The third kappa shape index (κ3) is 4.10. The summed E-state index contributed by atoms with van der Waals surface area (Å²) in [7, 11) is 0. The SMILES string of the molecule is OC[C@@H]1CCCN(c2cc(-c3ccc(Cl)cc3)nc(-c3cccnc3)n2)C1. The van der Waals surface area contributed by atoms with Gasteiger partial charge in [-0.15, -0.1) is 0 Å². The highest BCUT2D eigenvalue weighted by Crippen LogP contribution is 2.29. The summed E-state index contributed by atoms with van der Waals surface area (Å²) in [6.45, 7) is 1.95. The van der Waals surface area contributed by atoms with Gasteiger partial charge >= 0.3 is 0 Å². The second-order valence-electron chi connectivity index (χ2n) is 6.82. The molecule has 1 saturated heterocycles. The molecule has 5 nitrogen and oxygen atoms in total. The van der Waals surface area contributed by atoms with Crippen LogP contribution < -0.4 is 4.90 Å². The molecule has 27 heavy (non-hydrogen) atoms. The van der Waals surface area contributed by atoms with E-state index in [1.807, 2.05) is 42.5 Å². The molecule has 1 aromatic carbocycles. The molecule has 0 bridgehead atoms. The Morgan fingerprint density at radius 2 is 1.96 bits per heavy atom. The van der Waals surface area contributed by atoms with Crippen LogP contribution in [-0.2, 0) is 0 Å². The normalized spacial score (nSPS) is 17.1. The van der Waals surface area contributed by atoms with E-state index < -0.39 is 0 Å². The molecule has 1 fully saturated rings. The van der Waals surface area contributed by atoms with Gasteiger partial charge in [0.25, 0.3) is 0 Å². The largest absolute Gasteiger partial charge is 0.396 e. The van der Waals surface area contributed by atoms with Gasteiger partial charge in [0.2, 0.25) is 0 Å². The van der Waals surface area contributed by atoms with Crippen LogP contribution in [0.25, 0.3) is 22.6 Å². The van der Waals surface area contributed by atoms with Crippen LogP contribution in [0.5, 0.6) is 0 Å². The minimum absolute atomic E-state index is 0.209. The van der Waals surface area contributed by atoms with E-state index in [0.717, 1.165) is 48.6 Å². The van der Waals surface area contributed by atoms with Crippen LogP contribution in [0.2, 0.25) is 5.02 Å². The average Bonchev–Trinajstić information content (AvgIpc) is 2.74. The number of halogens is 1. The Labute approximate surface area is 163 Å². The third-order valence-electron chi connectivity index (χ3n) is 4.87. The number of nitrogens with zero attached hydrogens (tertiary/aromatic N) is 4. The monoisotopic (exact) mass is 380 g/mol. The number of anilines is 1. The maximum atomic E-state index is 9.57. The van der Waals surface area contributed by atoms with Gasteiger partial charge in [0.15, 0.2) is 5.82 Å². The van der Waals surface area contributed by atoms with E-state index in [4.69, 9.17) is 21.6 Å². The molecule has 3 aromatic rings. The van der Waals surface area contributed by atoms with Crippen molar-refractivity contribution in [2.24, 2.45) is 5.92 Å². The molecule has 1 atom stereocenters. The predicted molar refractivity (Wildman–Crippen MR) is 108 cm³/mol. The number of aliphatic hydroxyl groups excluding tert-OH is 1. The van der Waals surface area contributed by atoms with E-state index in [1.54, 1.807) is 12.4 Å². The molecule has 138 valence electrons. The minimum atomic E-state index is 0.209. The number of aromatic nitrogens is 3. The van der Waals surface area contributed by atoms with E-state index in [-0.39, 0.29) is 12.5 Å². The van der Waals surface area contributed by atoms with Gasteiger partial charge in [0.05, 0.1) is 5.69 Å². The molecular weight excluding hydrogens is 360 g/mol. The number of hydrogen-bond acceptors (Lipinski definition) is 5. The van der Waals surface area contributed by atoms with Gasteiger partial charge in [0.1, 0.15) is 5.82 Å². The van der Waals surface area contributed by atoms with Gasteiger partial charge in [0, 0.05) is 54.3 Å². The highest BCUT2D eigenvalue weighted by Gasteiger charge is 2.22. The van der Waals surface area contributed by atoms with E-state index in [1.165, 1.54) is 0 Å². The first-order valence-corrected chi connectivity index (χ1v) is 9.52. The van der Waals surface area contributed by atoms with E-state index in [2.05, 4.69) is 9.88 Å². The van der Waals surface area contributed by atoms with Crippen LogP contribution in [0.4, 0.5) is 5.82 Å². The molecule has 0 unspecified atom stereocenters. The van der Waals surface area contributed by atoms with Crippen molar-refractivity contribution in [1.82, 2.24) is 15.0 Å². The van der Waals surface area contributed by atoms with Gasteiger partial charge in [-0.1, -0.05) is 23.7 Å². The molecule has 0 saturated carbocycles. The molecular formula is C21H21ClN4O. The lowest BCUT2D eigenvalue weighted by molar-refractivity contribution is 0.208. The Bertz CT molecular complexity index is 902. The second-order valence-corrected chi connectivity index (χ2v) is 7.26. The van der Waals surface area contributed by atoms with E-state index in [9.17, 15) is 5.11 Å². The molecule has 0 radical (unpaired) electrons. The highest BCUT2D eigenvalue weighted by atomic mass is 35.5. The molecule has 6 heteroatoms. The second kappa shape index (κ2) is 8.03. The lowest BCUT2D eigenvalue weighted by atomic mass is 9.99. The maximum Gasteiger partial charge on any atom is 0.163 e. The molecule has 0 spiro atoms. The Balaban J connectivity index is 1.78. The van der Waals surface area contributed by atoms with Crippen LogP contribution in [0.15, 0.2) is 54.9 Å². The summed E-state index contributed by atoms with van der Waals surface area (Å²) in [6.07, 6.45) is 5.62. The summed E-state index contributed by atoms with van der Waals surface area (Å²) in [5.41, 5.74) is 2.72. The molecule has 1 aliphatic heterocycles. The maximum absolute atomic E-state index is 9.57. The molecule has 4 rings (SSSR count). The zero-order valence-corrected chi connectivity index (χ0v) is 15.7. The number of piperidine rings is 1. The number of rotatable bonds is 4. The number of aliphatic hydroxyl groups is 1. The molecule has 2 aromatic heterocycles. The lowest BCUT2D eigenvalue weighted by Crippen LogP contribution is -2.37. The van der Waals surface area contributed by atoms with Crippen LogP contribution in [0, 0.1) is 5.92 Å². The summed E-state index contributed by atoms with van der Waals surface area (Å²) in [6, 6.07) is 13.5. The molecule has 1 aliphatic rings. The summed E-state index contributed by atoms with van der Waals surface area (Å²) in [4.78, 5) is 16.0. The first-order valence-electron chi connectivity index (χ1n) is 9.14. The number of hydrogen-bond donors (Lipinski definition) is 1. The average molecular weight is 381 g/mol. The molecule has 1 N–H and O–H groups in total. The third-order valence-corrected chi connectivity index (χ3v) is 5.13. The summed E-state index contributed by atoms with van der Waals surface area (Å²) >= 11 is 6.04. The zero-order valence-electron chi connectivity index (χ0n) is 14.9. The van der Waals surface area contributed by atoms with Gasteiger partial charge in [-0.2, -0.15) is 0 Å². The molecule has 3 heterocycles. The van der Waals surface area contributed by atoms with Crippen LogP contribution >= 0.6 is 11.6 Å². The highest BCUT2D eigenvalue weighted by molar-refractivity contribution is 6.30. The van der Waals surface area contributed by atoms with Crippen molar-refractivity contribution in [3.63, 3.8) is 0 Å².